The summed E-state index contributed by atoms with van der Waals surface area (Å²) in [6.07, 6.45) is 4.76. The molecule has 0 spiro atoms. The van der Waals surface area contributed by atoms with Gasteiger partial charge in [-0.05, 0) is 44.6 Å². The van der Waals surface area contributed by atoms with Gasteiger partial charge in [-0.15, -0.1) is 0 Å². The normalized spacial score (nSPS) is 19.7. The van der Waals surface area contributed by atoms with E-state index < -0.39 is 0 Å². The van der Waals surface area contributed by atoms with E-state index in [2.05, 4.69) is 41.8 Å². The quantitative estimate of drug-likeness (QED) is 0.273. The minimum atomic E-state index is -0.0102. The van der Waals surface area contributed by atoms with Crippen LogP contribution in [0.25, 0.3) is 0 Å². The van der Waals surface area contributed by atoms with Crippen molar-refractivity contribution in [3.8, 4) is 0 Å². The first-order valence-corrected chi connectivity index (χ1v) is 10.6. The van der Waals surface area contributed by atoms with E-state index in [-0.39, 0.29) is 12.0 Å². The number of aliphatic hydroxyl groups is 1. The first-order valence-electron chi connectivity index (χ1n) is 10.6. The second kappa shape index (κ2) is 13.5. The minimum Gasteiger partial charge on any atom is -0.396 e. The van der Waals surface area contributed by atoms with Gasteiger partial charge in [-0.25, -0.2) is 0 Å². The lowest BCUT2D eigenvalue weighted by Crippen LogP contribution is -2.39. The standard InChI is InChI=1S/C22H37N3O3/c1-2-23-21(25-18-22(11-14-26)12-17-28-19-22)24-13-6-7-15-27-16-10-20-8-4-3-5-9-20/h3-5,8-9,26H,2,6-7,10-19H2,1H3,(H2,23,24,25). The van der Waals surface area contributed by atoms with Crippen LogP contribution in [0, 0.1) is 5.41 Å². The van der Waals surface area contributed by atoms with E-state index in [9.17, 15) is 5.11 Å². The molecule has 0 radical (unpaired) electrons. The van der Waals surface area contributed by atoms with Crippen molar-refractivity contribution in [1.29, 1.82) is 0 Å². The molecule has 1 aromatic rings. The van der Waals surface area contributed by atoms with Crippen LogP contribution in [0.5, 0.6) is 0 Å². The van der Waals surface area contributed by atoms with Crippen LogP contribution in [0.3, 0.4) is 0 Å². The lowest BCUT2D eigenvalue weighted by molar-refractivity contribution is 0.131. The molecule has 158 valence electrons. The van der Waals surface area contributed by atoms with Crippen LogP contribution in [0.2, 0.25) is 0 Å². The monoisotopic (exact) mass is 391 g/mol. The van der Waals surface area contributed by atoms with Gasteiger partial charge in [0.25, 0.3) is 0 Å². The highest BCUT2D eigenvalue weighted by Crippen LogP contribution is 2.32. The summed E-state index contributed by atoms with van der Waals surface area (Å²) < 4.78 is 11.3. The molecule has 1 aliphatic rings. The van der Waals surface area contributed by atoms with Gasteiger partial charge in [0.1, 0.15) is 0 Å². The third-order valence-electron chi connectivity index (χ3n) is 5.13. The van der Waals surface area contributed by atoms with Crippen molar-refractivity contribution in [1.82, 2.24) is 10.6 Å². The van der Waals surface area contributed by atoms with Crippen molar-refractivity contribution in [2.75, 3.05) is 52.7 Å². The SMILES string of the molecule is CCNC(=NCC1(CCO)CCOC1)NCCCCOCCc1ccccc1. The van der Waals surface area contributed by atoms with Crippen LogP contribution >= 0.6 is 0 Å². The Kier molecular flexibility index (Phi) is 10.9. The van der Waals surface area contributed by atoms with Crippen LogP contribution < -0.4 is 10.6 Å². The summed E-state index contributed by atoms with van der Waals surface area (Å²) in [7, 11) is 0. The molecule has 0 amide bonds. The minimum absolute atomic E-state index is 0.0102. The van der Waals surface area contributed by atoms with Crippen molar-refractivity contribution in [3.05, 3.63) is 35.9 Å². The molecule has 0 aromatic heterocycles. The number of unbranched alkanes of at least 4 members (excludes halogenated alkanes) is 1. The summed E-state index contributed by atoms with van der Waals surface area (Å²) in [5, 5.41) is 16.0. The molecular weight excluding hydrogens is 354 g/mol. The molecule has 1 heterocycles. The highest BCUT2D eigenvalue weighted by atomic mass is 16.5. The van der Waals surface area contributed by atoms with Gasteiger partial charge in [0.2, 0.25) is 0 Å². The predicted octanol–water partition coefficient (Wildman–Crippen LogP) is 2.37. The molecule has 1 fully saturated rings. The van der Waals surface area contributed by atoms with Crippen LogP contribution in [0.15, 0.2) is 35.3 Å². The Labute approximate surface area is 169 Å². The molecule has 3 N–H and O–H groups in total. The number of rotatable bonds is 13. The lowest BCUT2D eigenvalue weighted by atomic mass is 9.84. The number of nitrogens with zero attached hydrogens (tertiary/aromatic N) is 1. The van der Waals surface area contributed by atoms with Gasteiger partial charge in [-0.3, -0.25) is 4.99 Å². The van der Waals surface area contributed by atoms with Gasteiger partial charge >= 0.3 is 0 Å². The summed E-state index contributed by atoms with van der Waals surface area (Å²) in [5.74, 6) is 0.844. The number of aliphatic hydroxyl groups excluding tert-OH is 1. The predicted molar refractivity (Wildman–Crippen MR) is 114 cm³/mol. The summed E-state index contributed by atoms with van der Waals surface area (Å²) in [5.41, 5.74) is 1.31. The van der Waals surface area contributed by atoms with Crippen LogP contribution in [0.4, 0.5) is 0 Å². The second-order valence-electron chi connectivity index (χ2n) is 7.45. The van der Waals surface area contributed by atoms with Crippen molar-refractivity contribution in [2.24, 2.45) is 10.4 Å². The number of ether oxygens (including phenoxy) is 2. The Hall–Kier alpha value is -1.63. The summed E-state index contributed by atoms with van der Waals surface area (Å²) in [4.78, 5) is 4.74. The average Bonchev–Trinajstić information content (AvgIpc) is 3.18. The van der Waals surface area contributed by atoms with Crippen LogP contribution in [-0.2, 0) is 15.9 Å². The fourth-order valence-corrected chi connectivity index (χ4v) is 3.35. The summed E-state index contributed by atoms with van der Waals surface area (Å²) in [6, 6.07) is 10.4. The molecule has 1 atom stereocenters. The van der Waals surface area contributed by atoms with Gasteiger partial charge < -0.3 is 25.2 Å². The zero-order valence-electron chi connectivity index (χ0n) is 17.3. The van der Waals surface area contributed by atoms with Crippen molar-refractivity contribution in [3.63, 3.8) is 0 Å². The maximum Gasteiger partial charge on any atom is 0.191 e. The Morgan fingerprint density at radius 1 is 1.21 bits per heavy atom. The Morgan fingerprint density at radius 3 is 2.79 bits per heavy atom. The molecule has 0 bridgehead atoms. The Morgan fingerprint density at radius 2 is 2.07 bits per heavy atom. The molecule has 28 heavy (non-hydrogen) atoms. The van der Waals surface area contributed by atoms with E-state index in [1.165, 1.54) is 5.56 Å². The second-order valence-corrected chi connectivity index (χ2v) is 7.45. The fourth-order valence-electron chi connectivity index (χ4n) is 3.35. The lowest BCUT2D eigenvalue weighted by Gasteiger charge is -2.24. The summed E-state index contributed by atoms with van der Waals surface area (Å²) in [6.45, 7) is 7.67. The van der Waals surface area contributed by atoms with Crippen molar-refractivity contribution < 1.29 is 14.6 Å². The van der Waals surface area contributed by atoms with Gasteiger partial charge in [-0.1, -0.05) is 30.3 Å². The van der Waals surface area contributed by atoms with Gasteiger partial charge in [0, 0.05) is 38.3 Å². The molecule has 6 heteroatoms. The average molecular weight is 392 g/mol. The fraction of sp³-hybridized carbons (Fsp3) is 0.682. The smallest absolute Gasteiger partial charge is 0.191 e. The molecule has 1 aliphatic heterocycles. The Bertz CT molecular complexity index is 545. The van der Waals surface area contributed by atoms with E-state index in [1.807, 2.05) is 6.07 Å². The van der Waals surface area contributed by atoms with E-state index in [1.54, 1.807) is 0 Å². The molecule has 1 aromatic carbocycles. The van der Waals surface area contributed by atoms with Crippen LogP contribution in [0.1, 0.15) is 38.2 Å². The highest BCUT2D eigenvalue weighted by molar-refractivity contribution is 5.79. The first-order chi connectivity index (χ1) is 13.8. The van der Waals surface area contributed by atoms with Gasteiger partial charge in [0.05, 0.1) is 19.8 Å². The van der Waals surface area contributed by atoms with Gasteiger partial charge in [-0.2, -0.15) is 0 Å². The number of hydrogen-bond acceptors (Lipinski definition) is 4. The summed E-state index contributed by atoms with van der Waals surface area (Å²) >= 11 is 0. The maximum absolute atomic E-state index is 9.34. The number of guanidine groups is 1. The van der Waals surface area contributed by atoms with E-state index in [0.717, 1.165) is 71.0 Å². The van der Waals surface area contributed by atoms with Crippen molar-refractivity contribution in [2.45, 2.75) is 39.0 Å². The topological polar surface area (TPSA) is 75.1 Å². The molecule has 1 saturated heterocycles. The van der Waals surface area contributed by atoms with E-state index >= 15 is 0 Å². The number of hydrogen-bond donors (Lipinski definition) is 3. The first kappa shape index (κ1) is 22.7. The largest absolute Gasteiger partial charge is 0.396 e. The molecule has 2 rings (SSSR count). The zero-order chi connectivity index (χ0) is 19.9. The molecule has 6 nitrogen and oxygen atoms in total. The third kappa shape index (κ3) is 8.59. The van der Waals surface area contributed by atoms with Crippen molar-refractivity contribution >= 4 is 5.96 Å². The van der Waals surface area contributed by atoms with E-state index in [4.69, 9.17) is 14.5 Å². The zero-order valence-corrected chi connectivity index (χ0v) is 17.3. The molecule has 0 aliphatic carbocycles. The molecule has 1 unspecified atom stereocenters. The maximum atomic E-state index is 9.34. The third-order valence-corrected chi connectivity index (χ3v) is 5.13. The number of aliphatic imine (C=N–C) groups is 1. The van der Waals surface area contributed by atoms with E-state index in [0.29, 0.717) is 13.2 Å². The molecular formula is C22H37N3O3. The number of benzene rings is 1. The van der Waals surface area contributed by atoms with Gasteiger partial charge in [0.15, 0.2) is 5.96 Å². The Balaban J connectivity index is 1.59. The number of nitrogens with one attached hydrogen (secondary N) is 2. The highest BCUT2D eigenvalue weighted by Gasteiger charge is 2.34. The van der Waals surface area contributed by atoms with Crippen LogP contribution in [-0.4, -0.2) is 63.7 Å². The molecule has 0 saturated carbocycles.